The molecule has 1 atom stereocenters. The van der Waals surface area contributed by atoms with Gasteiger partial charge in [0, 0.05) is 18.4 Å². The van der Waals surface area contributed by atoms with E-state index in [1.54, 1.807) is 12.1 Å². The molecule has 0 saturated carbocycles. The highest BCUT2D eigenvalue weighted by molar-refractivity contribution is 9.10. The molecule has 0 unspecified atom stereocenters. The average molecular weight is 335 g/mol. The topological polar surface area (TPSA) is 89.3 Å². The monoisotopic (exact) mass is 334 g/mol. The Labute approximate surface area is 123 Å². The lowest BCUT2D eigenvalue weighted by Crippen LogP contribution is -2.27. The minimum absolute atomic E-state index is 0.0102. The zero-order valence-corrected chi connectivity index (χ0v) is 12.1. The summed E-state index contributed by atoms with van der Waals surface area (Å²) in [7, 11) is 0. The second kappa shape index (κ2) is 4.84. The van der Waals surface area contributed by atoms with E-state index in [4.69, 9.17) is 14.9 Å². The van der Waals surface area contributed by atoms with Crippen molar-refractivity contribution in [3.8, 4) is 6.07 Å². The molecule has 1 aliphatic carbocycles. The largest absolute Gasteiger partial charge is 0.453 e. The summed E-state index contributed by atoms with van der Waals surface area (Å²) in [6, 6.07) is 5.49. The summed E-state index contributed by atoms with van der Waals surface area (Å²) in [6.07, 6.45) is 1.85. The van der Waals surface area contributed by atoms with E-state index in [0.29, 0.717) is 34.6 Å². The summed E-state index contributed by atoms with van der Waals surface area (Å²) in [5.74, 6) is 0.558. The Morgan fingerprint density at radius 3 is 2.85 bits per heavy atom. The SMILES string of the molecule is N#CC1=C(N)OC2=C(C(=O)CCC2)[C@@H]1c1ccc(Br)o1. The molecule has 5 nitrogen and oxygen atoms in total. The molecular formula is C14H11BrN2O3. The number of furan rings is 1. The van der Waals surface area contributed by atoms with Gasteiger partial charge in [0.2, 0.25) is 5.88 Å². The summed E-state index contributed by atoms with van der Waals surface area (Å²) >= 11 is 3.23. The molecule has 1 aromatic heterocycles. The van der Waals surface area contributed by atoms with Crippen LogP contribution in [0.2, 0.25) is 0 Å². The fourth-order valence-corrected chi connectivity index (χ4v) is 2.94. The van der Waals surface area contributed by atoms with Crippen LogP contribution in [-0.4, -0.2) is 5.78 Å². The van der Waals surface area contributed by atoms with Crippen molar-refractivity contribution >= 4 is 21.7 Å². The molecule has 2 N–H and O–H groups in total. The van der Waals surface area contributed by atoms with Gasteiger partial charge in [-0.15, -0.1) is 0 Å². The third-order valence-corrected chi connectivity index (χ3v) is 3.91. The number of ketones is 1. The molecule has 1 aromatic rings. The summed E-state index contributed by atoms with van der Waals surface area (Å²) in [5, 5.41) is 9.32. The lowest BCUT2D eigenvalue weighted by atomic mass is 9.80. The first-order valence-corrected chi connectivity index (χ1v) is 7.00. The van der Waals surface area contributed by atoms with Gasteiger partial charge in [-0.3, -0.25) is 4.79 Å². The minimum Gasteiger partial charge on any atom is -0.453 e. The number of nitriles is 1. The van der Waals surface area contributed by atoms with Crippen LogP contribution in [0.4, 0.5) is 0 Å². The van der Waals surface area contributed by atoms with Crippen molar-refractivity contribution in [2.45, 2.75) is 25.2 Å². The van der Waals surface area contributed by atoms with Crippen LogP contribution in [0.3, 0.4) is 0 Å². The molecule has 2 heterocycles. The summed E-state index contributed by atoms with van der Waals surface area (Å²) in [5.41, 5.74) is 6.54. The first kappa shape index (κ1) is 13.0. The number of Topliss-reactive ketones (excluding diaryl/α,β-unsaturated/α-hetero) is 1. The van der Waals surface area contributed by atoms with E-state index in [-0.39, 0.29) is 17.2 Å². The van der Waals surface area contributed by atoms with Gasteiger partial charge in [0.15, 0.2) is 10.5 Å². The second-order valence-electron chi connectivity index (χ2n) is 4.68. The maximum atomic E-state index is 12.2. The number of carbonyl (C=O) groups excluding carboxylic acids is 1. The zero-order valence-electron chi connectivity index (χ0n) is 10.5. The third kappa shape index (κ3) is 1.95. The van der Waals surface area contributed by atoms with Gasteiger partial charge in [-0.25, -0.2) is 0 Å². The van der Waals surface area contributed by atoms with E-state index in [0.717, 1.165) is 6.42 Å². The van der Waals surface area contributed by atoms with Crippen LogP contribution >= 0.6 is 15.9 Å². The van der Waals surface area contributed by atoms with Crippen molar-refractivity contribution in [2.24, 2.45) is 5.73 Å². The van der Waals surface area contributed by atoms with Gasteiger partial charge >= 0.3 is 0 Å². The van der Waals surface area contributed by atoms with Gasteiger partial charge in [0.05, 0.1) is 5.92 Å². The van der Waals surface area contributed by atoms with Crippen LogP contribution in [0.5, 0.6) is 0 Å². The number of hydrogen-bond donors (Lipinski definition) is 1. The molecule has 20 heavy (non-hydrogen) atoms. The molecule has 0 bridgehead atoms. The van der Waals surface area contributed by atoms with Crippen LogP contribution in [0.15, 0.2) is 44.0 Å². The predicted molar refractivity (Wildman–Crippen MR) is 72.9 cm³/mol. The van der Waals surface area contributed by atoms with E-state index in [1.807, 2.05) is 6.07 Å². The lowest BCUT2D eigenvalue weighted by Gasteiger charge is -2.29. The van der Waals surface area contributed by atoms with Crippen LogP contribution in [0, 0.1) is 11.3 Å². The Morgan fingerprint density at radius 2 is 2.20 bits per heavy atom. The molecule has 3 rings (SSSR count). The van der Waals surface area contributed by atoms with Crippen LogP contribution < -0.4 is 5.73 Å². The fourth-order valence-electron chi connectivity index (χ4n) is 2.62. The predicted octanol–water partition coefficient (Wildman–Crippen LogP) is 2.86. The number of nitrogens with two attached hydrogens (primary N) is 1. The van der Waals surface area contributed by atoms with E-state index >= 15 is 0 Å². The molecular weight excluding hydrogens is 324 g/mol. The third-order valence-electron chi connectivity index (χ3n) is 3.48. The molecule has 0 fully saturated rings. The van der Waals surface area contributed by atoms with Crippen molar-refractivity contribution in [3.63, 3.8) is 0 Å². The normalized spacial score (nSPS) is 22.4. The van der Waals surface area contributed by atoms with E-state index < -0.39 is 5.92 Å². The highest BCUT2D eigenvalue weighted by Gasteiger charge is 2.39. The zero-order chi connectivity index (χ0) is 14.3. The number of halogens is 1. The van der Waals surface area contributed by atoms with Crippen molar-refractivity contribution in [2.75, 3.05) is 0 Å². The quantitative estimate of drug-likeness (QED) is 0.852. The molecule has 0 aromatic carbocycles. The Morgan fingerprint density at radius 1 is 1.40 bits per heavy atom. The molecule has 2 aliphatic rings. The molecule has 6 heteroatoms. The Hall–Kier alpha value is -2.00. The second-order valence-corrected chi connectivity index (χ2v) is 5.46. The fraction of sp³-hybridized carbons (Fsp3) is 0.286. The molecule has 1 aliphatic heterocycles. The molecule has 0 radical (unpaired) electrons. The summed E-state index contributed by atoms with van der Waals surface area (Å²) in [4.78, 5) is 12.2. The van der Waals surface area contributed by atoms with Gasteiger partial charge < -0.3 is 14.9 Å². The first-order valence-electron chi connectivity index (χ1n) is 6.21. The maximum absolute atomic E-state index is 12.2. The standard InChI is InChI=1S/C14H11BrN2O3/c15-11-5-4-10(19-11)12-7(6-16)14(17)20-9-3-1-2-8(18)13(9)12/h4-5,12H,1-3,17H2/t12-/m0/s1. The van der Waals surface area contributed by atoms with Gasteiger partial charge in [-0.2, -0.15) is 5.26 Å². The number of nitrogens with zero attached hydrogens (tertiary/aromatic N) is 1. The Bertz CT molecular complexity index is 694. The van der Waals surface area contributed by atoms with Gasteiger partial charge in [-0.05, 0) is 34.5 Å². The summed E-state index contributed by atoms with van der Waals surface area (Å²) in [6.45, 7) is 0. The van der Waals surface area contributed by atoms with Crippen LogP contribution in [0.25, 0.3) is 0 Å². The Balaban J connectivity index is 2.18. The van der Waals surface area contributed by atoms with Gasteiger partial charge in [-0.1, -0.05) is 0 Å². The molecule has 0 spiro atoms. The van der Waals surface area contributed by atoms with Crippen molar-refractivity contribution in [1.82, 2.24) is 0 Å². The first-order chi connectivity index (χ1) is 9.61. The van der Waals surface area contributed by atoms with E-state index in [1.165, 1.54) is 0 Å². The van der Waals surface area contributed by atoms with E-state index in [9.17, 15) is 10.1 Å². The number of allylic oxidation sites excluding steroid dienone is 3. The lowest BCUT2D eigenvalue weighted by molar-refractivity contribution is -0.116. The van der Waals surface area contributed by atoms with Gasteiger partial charge in [0.25, 0.3) is 0 Å². The highest BCUT2D eigenvalue weighted by atomic mass is 79.9. The highest BCUT2D eigenvalue weighted by Crippen LogP contribution is 2.43. The van der Waals surface area contributed by atoms with Crippen molar-refractivity contribution in [1.29, 1.82) is 5.26 Å². The van der Waals surface area contributed by atoms with E-state index in [2.05, 4.69) is 15.9 Å². The van der Waals surface area contributed by atoms with Crippen molar-refractivity contribution < 1.29 is 13.9 Å². The maximum Gasteiger partial charge on any atom is 0.205 e. The van der Waals surface area contributed by atoms with Crippen molar-refractivity contribution in [3.05, 3.63) is 45.4 Å². The summed E-state index contributed by atoms with van der Waals surface area (Å²) < 4.78 is 11.5. The molecule has 102 valence electrons. The average Bonchev–Trinajstić information content (AvgIpc) is 2.84. The molecule has 0 amide bonds. The van der Waals surface area contributed by atoms with Crippen LogP contribution in [0.1, 0.15) is 30.9 Å². The molecule has 0 saturated heterocycles. The number of ether oxygens (including phenoxy) is 1. The number of hydrogen-bond acceptors (Lipinski definition) is 5. The number of carbonyl (C=O) groups is 1. The Kier molecular flexibility index (Phi) is 3.14. The van der Waals surface area contributed by atoms with Gasteiger partial charge in [0.1, 0.15) is 23.2 Å². The number of rotatable bonds is 1. The smallest absolute Gasteiger partial charge is 0.205 e. The van der Waals surface area contributed by atoms with Crippen LogP contribution in [-0.2, 0) is 9.53 Å². The minimum atomic E-state index is -0.567.